The van der Waals surface area contributed by atoms with Crippen LogP contribution in [-0.4, -0.2) is 31.7 Å². The van der Waals surface area contributed by atoms with Gasteiger partial charge in [0.15, 0.2) is 18.1 Å². The van der Waals surface area contributed by atoms with Gasteiger partial charge in [0.25, 0.3) is 5.91 Å². The van der Waals surface area contributed by atoms with Crippen LogP contribution in [-0.2, 0) is 9.53 Å². The highest BCUT2D eigenvalue weighted by molar-refractivity contribution is 9.10. The van der Waals surface area contributed by atoms with Gasteiger partial charge in [0.1, 0.15) is 13.2 Å². The number of amides is 1. The summed E-state index contributed by atoms with van der Waals surface area (Å²) in [6.45, 7) is 0.436. The van der Waals surface area contributed by atoms with E-state index >= 15 is 0 Å². The van der Waals surface area contributed by atoms with Crippen LogP contribution in [0.2, 0.25) is 0 Å². The van der Waals surface area contributed by atoms with E-state index in [0.717, 1.165) is 0 Å². The number of rotatable bonds is 4. The van der Waals surface area contributed by atoms with E-state index in [-0.39, 0.29) is 5.56 Å². The van der Waals surface area contributed by atoms with E-state index in [2.05, 4.69) is 21.2 Å². The Balaban J connectivity index is 1.61. The summed E-state index contributed by atoms with van der Waals surface area (Å²) in [5.74, 6) is -0.0735. The molecule has 1 aliphatic rings. The molecular weight excluding hydrogens is 404 g/mol. The van der Waals surface area contributed by atoms with Crippen molar-refractivity contribution in [2.24, 2.45) is 0 Å². The number of hydrogen-bond acceptors (Lipinski definition) is 6. The lowest BCUT2D eigenvalue weighted by Gasteiger charge is -2.20. The van der Waals surface area contributed by atoms with Gasteiger partial charge in [0, 0.05) is 16.6 Å². The normalized spacial score (nSPS) is 12.0. The molecule has 2 aromatic carbocycles. The first-order valence-corrected chi connectivity index (χ1v) is 8.42. The quantitative estimate of drug-likeness (QED) is 0.769. The van der Waals surface area contributed by atoms with Crippen LogP contribution in [0.4, 0.5) is 5.69 Å². The van der Waals surface area contributed by atoms with E-state index in [9.17, 15) is 9.59 Å². The fourth-order valence-corrected chi connectivity index (χ4v) is 2.70. The molecule has 132 valence electrons. The second-order valence-electron chi connectivity index (χ2n) is 5.29. The summed E-state index contributed by atoms with van der Waals surface area (Å²) in [6, 6.07) is 11.3. The number of carbonyl (C=O) groups is 2. The number of halogens is 1. The Labute approximate surface area is 157 Å². The number of benzene rings is 2. The molecule has 0 saturated heterocycles. The third kappa shape index (κ3) is 4.13. The van der Waals surface area contributed by atoms with Crippen LogP contribution in [0.15, 0.2) is 40.9 Å². The highest BCUT2D eigenvalue weighted by atomic mass is 79.9. The van der Waals surface area contributed by atoms with Crippen molar-refractivity contribution in [1.29, 1.82) is 5.26 Å². The monoisotopic (exact) mass is 416 g/mol. The first kappa shape index (κ1) is 17.8. The smallest absolute Gasteiger partial charge is 0.338 e. The van der Waals surface area contributed by atoms with E-state index in [4.69, 9.17) is 19.5 Å². The lowest BCUT2D eigenvalue weighted by atomic mass is 10.1. The molecule has 8 heteroatoms. The van der Waals surface area contributed by atoms with Crippen molar-refractivity contribution in [3.05, 3.63) is 52.0 Å². The Morgan fingerprint density at radius 1 is 1.19 bits per heavy atom. The van der Waals surface area contributed by atoms with Crippen LogP contribution in [0, 0.1) is 11.3 Å². The number of nitrogens with one attached hydrogen (secondary N) is 1. The SMILES string of the molecule is N#Cc1cccc(C(=O)OCC(=O)Nc2cc3c(cc2Br)OCCO3)c1. The second-order valence-corrected chi connectivity index (χ2v) is 6.15. The Morgan fingerprint density at radius 3 is 2.65 bits per heavy atom. The zero-order chi connectivity index (χ0) is 18.5. The van der Waals surface area contributed by atoms with Crippen LogP contribution in [0.25, 0.3) is 0 Å². The maximum Gasteiger partial charge on any atom is 0.338 e. The first-order valence-electron chi connectivity index (χ1n) is 7.63. The standard InChI is InChI=1S/C18H13BrN2O5/c19-13-7-15-16(25-5-4-24-15)8-14(13)21-17(22)10-26-18(23)12-3-1-2-11(6-12)9-20/h1-3,6-8H,4-5,10H2,(H,21,22). The Kier molecular flexibility index (Phi) is 5.39. The topological polar surface area (TPSA) is 97.7 Å². The molecule has 1 aliphatic heterocycles. The maximum absolute atomic E-state index is 12.1. The summed E-state index contributed by atoms with van der Waals surface area (Å²) in [5.41, 5.74) is 1.02. The number of fused-ring (bicyclic) bond motifs is 1. The molecule has 26 heavy (non-hydrogen) atoms. The summed E-state index contributed by atoms with van der Waals surface area (Å²) in [5, 5.41) is 11.5. The van der Waals surface area contributed by atoms with E-state index in [1.165, 1.54) is 12.1 Å². The number of carbonyl (C=O) groups excluding carboxylic acids is 2. The van der Waals surface area contributed by atoms with Crippen molar-refractivity contribution in [2.45, 2.75) is 0 Å². The lowest BCUT2D eigenvalue weighted by Crippen LogP contribution is -2.21. The minimum Gasteiger partial charge on any atom is -0.486 e. The largest absolute Gasteiger partial charge is 0.486 e. The average molecular weight is 417 g/mol. The molecule has 2 aromatic rings. The molecule has 0 fully saturated rings. The highest BCUT2D eigenvalue weighted by Gasteiger charge is 2.17. The van der Waals surface area contributed by atoms with Crippen LogP contribution in [0.3, 0.4) is 0 Å². The van der Waals surface area contributed by atoms with Gasteiger partial charge in [-0.3, -0.25) is 4.79 Å². The van der Waals surface area contributed by atoms with E-state index in [1.807, 2.05) is 6.07 Å². The molecule has 0 spiro atoms. The fraction of sp³-hybridized carbons (Fsp3) is 0.167. The van der Waals surface area contributed by atoms with Gasteiger partial charge in [-0.1, -0.05) is 6.07 Å². The average Bonchev–Trinajstić information content (AvgIpc) is 2.66. The second kappa shape index (κ2) is 7.89. The summed E-state index contributed by atoms with van der Waals surface area (Å²) < 4.78 is 16.5. The summed E-state index contributed by atoms with van der Waals surface area (Å²) in [7, 11) is 0. The van der Waals surface area contributed by atoms with E-state index in [0.29, 0.717) is 40.4 Å². The molecule has 0 aliphatic carbocycles. The molecule has 0 unspecified atom stereocenters. The van der Waals surface area contributed by atoms with Crippen LogP contribution in [0.5, 0.6) is 11.5 Å². The molecule has 1 heterocycles. The van der Waals surface area contributed by atoms with E-state index in [1.54, 1.807) is 24.3 Å². The van der Waals surface area contributed by atoms with Gasteiger partial charge in [-0.15, -0.1) is 0 Å². The van der Waals surface area contributed by atoms with Crippen molar-refractivity contribution in [3.8, 4) is 17.6 Å². The highest BCUT2D eigenvalue weighted by Crippen LogP contribution is 2.38. The van der Waals surface area contributed by atoms with Gasteiger partial charge in [-0.05, 0) is 34.1 Å². The third-order valence-corrected chi connectivity index (χ3v) is 4.12. The van der Waals surface area contributed by atoms with Crippen molar-refractivity contribution in [3.63, 3.8) is 0 Å². The number of esters is 1. The van der Waals surface area contributed by atoms with Gasteiger partial charge >= 0.3 is 5.97 Å². The molecule has 0 radical (unpaired) electrons. The van der Waals surface area contributed by atoms with Crippen molar-refractivity contribution in [2.75, 3.05) is 25.1 Å². The summed E-state index contributed by atoms with van der Waals surface area (Å²) in [4.78, 5) is 24.0. The molecule has 3 rings (SSSR count). The number of nitrogens with zero attached hydrogens (tertiary/aromatic N) is 1. The Bertz CT molecular complexity index is 907. The molecule has 0 saturated carbocycles. The number of anilines is 1. The van der Waals surface area contributed by atoms with Gasteiger partial charge in [0.05, 0.1) is 22.9 Å². The number of nitriles is 1. The summed E-state index contributed by atoms with van der Waals surface area (Å²) >= 11 is 3.35. The van der Waals surface area contributed by atoms with E-state index < -0.39 is 18.5 Å². The first-order chi connectivity index (χ1) is 12.6. The zero-order valence-electron chi connectivity index (χ0n) is 13.5. The molecule has 0 atom stereocenters. The predicted molar refractivity (Wildman–Crippen MR) is 95.2 cm³/mol. The van der Waals surface area contributed by atoms with Crippen molar-refractivity contribution in [1.82, 2.24) is 0 Å². The molecule has 7 nitrogen and oxygen atoms in total. The van der Waals surface area contributed by atoms with Gasteiger partial charge in [-0.2, -0.15) is 5.26 Å². The molecule has 1 amide bonds. The molecular formula is C18H13BrN2O5. The van der Waals surface area contributed by atoms with Crippen LogP contribution >= 0.6 is 15.9 Å². The van der Waals surface area contributed by atoms with Gasteiger partial charge < -0.3 is 19.5 Å². The number of ether oxygens (including phenoxy) is 3. The van der Waals surface area contributed by atoms with Crippen LogP contribution in [0.1, 0.15) is 15.9 Å². The Hall–Kier alpha value is -3.05. The zero-order valence-corrected chi connectivity index (χ0v) is 15.0. The van der Waals surface area contributed by atoms with Crippen molar-refractivity contribution < 1.29 is 23.8 Å². The van der Waals surface area contributed by atoms with Crippen molar-refractivity contribution >= 4 is 33.5 Å². The third-order valence-electron chi connectivity index (χ3n) is 3.47. The maximum atomic E-state index is 12.1. The fourth-order valence-electron chi connectivity index (χ4n) is 2.28. The molecule has 1 N–H and O–H groups in total. The number of hydrogen-bond donors (Lipinski definition) is 1. The Morgan fingerprint density at radius 2 is 1.92 bits per heavy atom. The van der Waals surface area contributed by atoms with Crippen LogP contribution < -0.4 is 14.8 Å². The summed E-state index contributed by atoms with van der Waals surface area (Å²) in [6.07, 6.45) is 0. The van der Waals surface area contributed by atoms with Gasteiger partial charge in [0.2, 0.25) is 0 Å². The predicted octanol–water partition coefficient (Wildman–Crippen LogP) is 2.89. The minimum atomic E-state index is -0.682. The molecule has 0 bridgehead atoms. The molecule has 0 aromatic heterocycles. The minimum absolute atomic E-state index is 0.206. The van der Waals surface area contributed by atoms with Gasteiger partial charge in [-0.25, -0.2) is 4.79 Å². The lowest BCUT2D eigenvalue weighted by molar-refractivity contribution is -0.119.